The third kappa shape index (κ3) is 2.09. The van der Waals surface area contributed by atoms with Crippen molar-refractivity contribution in [3.8, 4) is 0 Å². The maximum Gasteiger partial charge on any atom is 0.178 e. The molecule has 7 atom stereocenters. The third-order valence-electron chi connectivity index (χ3n) is 8.86. The van der Waals surface area contributed by atoms with E-state index in [2.05, 4.69) is 13.8 Å². The number of aliphatic hydroxyl groups is 2. The molecule has 26 heavy (non-hydrogen) atoms. The van der Waals surface area contributed by atoms with Crippen molar-refractivity contribution in [2.75, 3.05) is 6.61 Å². The lowest BCUT2D eigenvalue weighted by Crippen LogP contribution is -2.58. The van der Waals surface area contributed by atoms with Crippen LogP contribution in [0.1, 0.15) is 52.9 Å². The van der Waals surface area contributed by atoms with Crippen LogP contribution in [0.3, 0.4) is 0 Å². The van der Waals surface area contributed by atoms with Gasteiger partial charge in [-0.1, -0.05) is 32.4 Å². The molecule has 0 bridgehead atoms. The van der Waals surface area contributed by atoms with Crippen molar-refractivity contribution in [3.63, 3.8) is 0 Å². The average molecular weight is 358 g/mol. The predicted molar refractivity (Wildman–Crippen MR) is 98.2 cm³/mol. The first kappa shape index (κ1) is 18.1. The van der Waals surface area contributed by atoms with Crippen LogP contribution >= 0.6 is 0 Å². The molecule has 142 valence electrons. The maximum absolute atomic E-state index is 12.6. The van der Waals surface area contributed by atoms with Gasteiger partial charge in [0.25, 0.3) is 0 Å². The molecule has 0 aliphatic heterocycles. The Labute approximate surface area is 155 Å². The zero-order valence-corrected chi connectivity index (χ0v) is 16.0. The largest absolute Gasteiger partial charge is 0.393 e. The zero-order chi connectivity index (χ0) is 18.9. The summed E-state index contributed by atoms with van der Waals surface area (Å²) in [5.74, 6) is 0.779. The molecule has 4 rings (SSSR count). The third-order valence-corrected chi connectivity index (χ3v) is 8.86. The highest BCUT2D eigenvalue weighted by Gasteiger charge is 2.66. The van der Waals surface area contributed by atoms with Crippen molar-refractivity contribution in [2.24, 2.45) is 34.0 Å². The molecular weight excluding hydrogens is 328 g/mol. The molecule has 0 aromatic carbocycles. The topological polar surface area (TPSA) is 74.6 Å². The van der Waals surface area contributed by atoms with E-state index in [1.807, 2.05) is 13.0 Å². The number of ketones is 2. The summed E-state index contributed by atoms with van der Waals surface area (Å²) < 4.78 is 0. The van der Waals surface area contributed by atoms with Crippen molar-refractivity contribution < 1.29 is 19.8 Å². The van der Waals surface area contributed by atoms with Crippen LogP contribution in [0.4, 0.5) is 0 Å². The van der Waals surface area contributed by atoms with Gasteiger partial charge in [0.2, 0.25) is 0 Å². The fraction of sp³-hybridized carbons (Fsp3) is 0.727. The Morgan fingerprint density at radius 1 is 1.27 bits per heavy atom. The fourth-order valence-corrected chi connectivity index (χ4v) is 7.20. The maximum atomic E-state index is 12.6. The van der Waals surface area contributed by atoms with Gasteiger partial charge in [0.05, 0.1) is 6.10 Å². The molecule has 4 nitrogen and oxygen atoms in total. The number of rotatable bonds is 2. The summed E-state index contributed by atoms with van der Waals surface area (Å²) in [7, 11) is 0. The Balaban J connectivity index is 1.75. The summed E-state index contributed by atoms with van der Waals surface area (Å²) in [6.45, 7) is 5.90. The Morgan fingerprint density at radius 3 is 2.69 bits per heavy atom. The number of fused-ring (bicyclic) bond motifs is 5. The number of hydrogen-bond donors (Lipinski definition) is 2. The molecule has 4 aliphatic rings. The minimum Gasteiger partial charge on any atom is -0.393 e. The lowest BCUT2D eigenvalue weighted by atomic mass is 9.45. The first-order chi connectivity index (χ1) is 12.2. The van der Waals surface area contributed by atoms with Crippen LogP contribution in [0.2, 0.25) is 0 Å². The van der Waals surface area contributed by atoms with Gasteiger partial charge in [0.15, 0.2) is 11.6 Å². The van der Waals surface area contributed by atoms with E-state index < -0.39 is 18.1 Å². The number of aliphatic hydroxyl groups excluding tert-OH is 2. The zero-order valence-electron chi connectivity index (χ0n) is 16.0. The second kappa shape index (κ2) is 5.62. The standard InChI is InChI=1S/C22H30O4/c1-20-8-6-14(24)10-13(20)4-5-15-16-7-9-21(2,18(26)12-23)22(16,3)11-17(25)19(15)20/h6,8,10,15-17,19,23,25H,4-5,7,9,11-12H2,1-3H3/t15-,16?,17-,19?,20-,21+,22-/m0/s1. The summed E-state index contributed by atoms with van der Waals surface area (Å²) in [5, 5.41) is 20.8. The molecule has 0 aromatic heterocycles. The fourth-order valence-electron chi connectivity index (χ4n) is 7.20. The highest BCUT2D eigenvalue weighted by molar-refractivity contribution is 6.01. The van der Waals surface area contributed by atoms with Crippen molar-refractivity contribution >= 4 is 11.6 Å². The van der Waals surface area contributed by atoms with Gasteiger partial charge in [-0.3, -0.25) is 9.59 Å². The normalized spacial score (nSPS) is 49.9. The quantitative estimate of drug-likeness (QED) is 0.796. The number of carbonyl (C=O) groups excluding carboxylic acids is 2. The number of carbonyl (C=O) groups is 2. The van der Waals surface area contributed by atoms with Crippen LogP contribution in [-0.2, 0) is 9.59 Å². The molecule has 2 N–H and O–H groups in total. The summed E-state index contributed by atoms with van der Waals surface area (Å²) in [5.41, 5.74) is 0.0471. The van der Waals surface area contributed by atoms with E-state index in [9.17, 15) is 19.8 Å². The van der Waals surface area contributed by atoms with E-state index in [0.29, 0.717) is 18.3 Å². The molecule has 3 fully saturated rings. The van der Waals surface area contributed by atoms with Crippen LogP contribution in [0.15, 0.2) is 23.8 Å². The Kier molecular flexibility index (Phi) is 3.92. The lowest BCUT2D eigenvalue weighted by molar-refractivity contribution is -0.155. The smallest absolute Gasteiger partial charge is 0.178 e. The summed E-state index contributed by atoms with van der Waals surface area (Å²) >= 11 is 0. The summed E-state index contributed by atoms with van der Waals surface area (Å²) in [6.07, 6.45) is 9.14. The molecule has 0 saturated heterocycles. The lowest BCUT2D eigenvalue weighted by Gasteiger charge is -2.60. The van der Waals surface area contributed by atoms with E-state index in [1.165, 1.54) is 0 Å². The van der Waals surface area contributed by atoms with Crippen molar-refractivity contribution in [1.82, 2.24) is 0 Å². The van der Waals surface area contributed by atoms with E-state index in [1.54, 1.807) is 12.2 Å². The van der Waals surface area contributed by atoms with Crippen LogP contribution in [0, 0.1) is 34.0 Å². The van der Waals surface area contributed by atoms with Gasteiger partial charge >= 0.3 is 0 Å². The highest BCUT2D eigenvalue weighted by Crippen LogP contribution is 2.69. The van der Waals surface area contributed by atoms with Crippen molar-refractivity contribution in [1.29, 1.82) is 0 Å². The highest BCUT2D eigenvalue weighted by atomic mass is 16.3. The number of Topliss-reactive ketones (excluding diaryl/α,β-unsaturated/α-hetero) is 1. The summed E-state index contributed by atoms with van der Waals surface area (Å²) in [4.78, 5) is 24.4. The predicted octanol–water partition coefficient (Wildman–Crippen LogP) is 2.83. The van der Waals surface area contributed by atoms with E-state index in [-0.39, 0.29) is 28.3 Å². The van der Waals surface area contributed by atoms with Crippen LogP contribution in [0.25, 0.3) is 0 Å². The number of allylic oxidation sites excluding steroid dienone is 4. The Morgan fingerprint density at radius 2 is 2.00 bits per heavy atom. The van der Waals surface area contributed by atoms with Gasteiger partial charge < -0.3 is 10.2 Å². The van der Waals surface area contributed by atoms with Crippen LogP contribution < -0.4 is 0 Å². The van der Waals surface area contributed by atoms with Gasteiger partial charge in [-0.2, -0.15) is 0 Å². The first-order valence-corrected chi connectivity index (χ1v) is 9.94. The molecule has 0 heterocycles. The molecule has 3 saturated carbocycles. The van der Waals surface area contributed by atoms with Crippen LogP contribution in [-0.4, -0.2) is 34.5 Å². The van der Waals surface area contributed by atoms with E-state index in [4.69, 9.17) is 0 Å². The monoisotopic (exact) mass is 358 g/mol. The number of hydrogen-bond acceptors (Lipinski definition) is 4. The molecular formula is C22H30O4. The molecule has 4 heteroatoms. The van der Waals surface area contributed by atoms with Gasteiger partial charge in [0.1, 0.15) is 6.61 Å². The van der Waals surface area contributed by atoms with Crippen molar-refractivity contribution in [3.05, 3.63) is 23.8 Å². The molecule has 2 unspecified atom stereocenters. The molecule has 0 amide bonds. The Hall–Kier alpha value is -1.26. The summed E-state index contributed by atoms with van der Waals surface area (Å²) in [6, 6.07) is 0. The van der Waals surface area contributed by atoms with Crippen LogP contribution in [0.5, 0.6) is 0 Å². The molecule has 0 spiro atoms. The first-order valence-electron chi connectivity index (χ1n) is 9.94. The van der Waals surface area contributed by atoms with Gasteiger partial charge in [0, 0.05) is 16.7 Å². The van der Waals surface area contributed by atoms with E-state index >= 15 is 0 Å². The second-order valence-electron chi connectivity index (χ2n) is 9.66. The molecule has 0 radical (unpaired) electrons. The van der Waals surface area contributed by atoms with Crippen molar-refractivity contribution in [2.45, 2.75) is 59.0 Å². The second-order valence-corrected chi connectivity index (χ2v) is 9.66. The Bertz CT molecular complexity index is 722. The van der Waals surface area contributed by atoms with E-state index in [0.717, 1.165) is 31.3 Å². The van der Waals surface area contributed by atoms with Gasteiger partial charge in [-0.05, 0) is 61.5 Å². The average Bonchev–Trinajstić information content (AvgIpc) is 2.86. The minimum atomic E-state index is -0.562. The molecule has 0 aromatic rings. The molecule has 4 aliphatic carbocycles. The minimum absolute atomic E-state index is 0.0491. The van der Waals surface area contributed by atoms with Gasteiger partial charge in [-0.25, -0.2) is 0 Å². The SMILES string of the molecule is C[C@]12C=CC(=O)C=C1CC[C@@H]1C2[C@@H](O)C[C@@]2(C)C1CC[C@]2(C)C(=O)CO. The van der Waals surface area contributed by atoms with Gasteiger partial charge in [-0.15, -0.1) is 0 Å².